The minimum Gasteiger partial charge on any atom is -0.370 e. The van der Waals surface area contributed by atoms with Crippen LogP contribution in [0.3, 0.4) is 0 Å². The minimum atomic E-state index is 0.788. The molecular formula is C16H23N5. The fourth-order valence-electron chi connectivity index (χ4n) is 2.03. The number of likely N-dealkylation sites (N-methyl/N-ethyl adjacent to an activating group) is 1. The predicted molar refractivity (Wildman–Crippen MR) is 86.8 cm³/mol. The van der Waals surface area contributed by atoms with Crippen molar-refractivity contribution < 1.29 is 0 Å². The van der Waals surface area contributed by atoms with E-state index in [9.17, 15) is 0 Å². The Labute approximate surface area is 126 Å². The van der Waals surface area contributed by atoms with E-state index in [1.54, 1.807) is 0 Å². The van der Waals surface area contributed by atoms with Gasteiger partial charge in [-0.1, -0.05) is 13.0 Å². The fraction of sp³-hybridized carbons (Fsp3) is 0.438. The molecule has 2 heterocycles. The van der Waals surface area contributed by atoms with Gasteiger partial charge >= 0.3 is 0 Å². The molecule has 0 amide bonds. The van der Waals surface area contributed by atoms with Gasteiger partial charge in [-0.05, 0) is 25.5 Å². The van der Waals surface area contributed by atoms with Gasteiger partial charge in [-0.15, -0.1) is 0 Å². The maximum Gasteiger partial charge on any atom is 0.134 e. The second-order valence-electron chi connectivity index (χ2n) is 5.08. The van der Waals surface area contributed by atoms with Gasteiger partial charge in [-0.3, -0.25) is 4.98 Å². The van der Waals surface area contributed by atoms with Crippen LogP contribution in [0.4, 0.5) is 11.6 Å². The summed E-state index contributed by atoms with van der Waals surface area (Å²) in [4.78, 5) is 15.4. The average molecular weight is 285 g/mol. The highest BCUT2D eigenvalue weighted by Crippen LogP contribution is 2.15. The molecule has 5 heteroatoms. The van der Waals surface area contributed by atoms with Crippen molar-refractivity contribution in [2.75, 3.05) is 30.4 Å². The van der Waals surface area contributed by atoms with Crippen LogP contribution in [0, 0.1) is 6.92 Å². The molecule has 2 rings (SSSR count). The number of rotatable bonds is 7. The molecule has 0 atom stereocenters. The smallest absolute Gasteiger partial charge is 0.134 e. The zero-order chi connectivity index (χ0) is 15.1. The molecule has 2 aromatic heterocycles. The number of nitrogens with zero attached hydrogens (tertiary/aromatic N) is 4. The van der Waals surface area contributed by atoms with Crippen molar-refractivity contribution in [3.05, 3.63) is 42.0 Å². The molecule has 0 aromatic carbocycles. The maximum absolute atomic E-state index is 4.51. The maximum atomic E-state index is 4.51. The highest BCUT2D eigenvalue weighted by Gasteiger charge is 2.07. The lowest BCUT2D eigenvalue weighted by Crippen LogP contribution is -2.22. The Morgan fingerprint density at radius 2 is 2.10 bits per heavy atom. The second-order valence-corrected chi connectivity index (χ2v) is 5.08. The number of aryl methyl sites for hydroxylation is 1. The van der Waals surface area contributed by atoms with Gasteiger partial charge in [0.05, 0.1) is 0 Å². The van der Waals surface area contributed by atoms with Gasteiger partial charge in [0.1, 0.15) is 17.5 Å². The molecule has 0 saturated heterocycles. The molecule has 0 saturated carbocycles. The van der Waals surface area contributed by atoms with E-state index in [0.717, 1.165) is 49.1 Å². The highest BCUT2D eigenvalue weighted by atomic mass is 15.2. The van der Waals surface area contributed by atoms with E-state index in [0.29, 0.717) is 0 Å². The minimum absolute atomic E-state index is 0.788. The number of pyridine rings is 1. The summed E-state index contributed by atoms with van der Waals surface area (Å²) in [7, 11) is 2.05. The van der Waals surface area contributed by atoms with Crippen molar-refractivity contribution in [2.45, 2.75) is 26.7 Å². The Bertz CT molecular complexity index is 556. The van der Waals surface area contributed by atoms with Crippen LogP contribution in [0.1, 0.15) is 24.9 Å². The van der Waals surface area contributed by atoms with Crippen molar-refractivity contribution in [3.8, 4) is 0 Å². The van der Waals surface area contributed by atoms with E-state index in [2.05, 4.69) is 32.1 Å². The van der Waals surface area contributed by atoms with E-state index in [1.165, 1.54) is 0 Å². The van der Waals surface area contributed by atoms with Gasteiger partial charge in [0.15, 0.2) is 0 Å². The molecule has 0 aliphatic rings. The third-order valence-electron chi connectivity index (χ3n) is 3.20. The van der Waals surface area contributed by atoms with E-state index in [4.69, 9.17) is 0 Å². The first-order chi connectivity index (χ1) is 10.2. The monoisotopic (exact) mass is 285 g/mol. The number of nitrogens with one attached hydrogen (secondary N) is 1. The molecular weight excluding hydrogens is 262 g/mol. The first kappa shape index (κ1) is 15.2. The van der Waals surface area contributed by atoms with Crippen LogP contribution < -0.4 is 10.2 Å². The van der Waals surface area contributed by atoms with Crippen molar-refractivity contribution in [2.24, 2.45) is 0 Å². The third kappa shape index (κ3) is 4.70. The van der Waals surface area contributed by atoms with Gasteiger partial charge in [-0.2, -0.15) is 0 Å². The van der Waals surface area contributed by atoms with Gasteiger partial charge in [0, 0.05) is 44.5 Å². The van der Waals surface area contributed by atoms with E-state index >= 15 is 0 Å². The molecule has 0 aliphatic heterocycles. The molecule has 2 aromatic rings. The number of anilines is 2. The number of hydrogen-bond acceptors (Lipinski definition) is 5. The topological polar surface area (TPSA) is 53.9 Å². The SMILES string of the molecule is CCCNc1cc(N(C)CCc2ccccn2)nc(C)n1. The summed E-state index contributed by atoms with van der Waals surface area (Å²) in [6, 6.07) is 8.00. The first-order valence-electron chi connectivity index (χ1n) is 7.39. The van der Waals surface area contributed by atoms with Gasteiger partial charge in [-0.25, -0.2) is 9.97 Å². The number of hydrogen-bond donors (Lipinski definition) is 1. The van der Waals surface area contributed by atoms with E-state index < -0.39 is 0 Å². The van der Waals surface area contributed by atoms with Crippen molar-refractivity contribution in [1.82, 2.24) is 15.0 Å². The molecule has 0 fully saturated rings. The lowest BCUT2D eigenvalue weighted by Gasteiger charge is -2.19. The van der Waals surface area contributed by atoms with Crippen molar-refractivity contribution in [3.63, 3.8) is 0 Å². The molecule has 0 bridgehead atoms. The molecule has 0 aliphatic carbocycles. The Balaban J connectivity index is 2.01. The van der Waals surface area contributed by atoms with Crippen molar-refractivity contribution in [1.29, 1.82) is 0 Å². The Morgan fingerprint density at radius 1 is 1.24 bits per heavy atom. The zero-order valence-corrected chi connectivity index (χ0v) is 13.0. The second kappa shape index (κ2) is 7.57. The predicted octanol–water partition coefficient (Wildman–Crippen LogP) is 2.68. The van der Waals surface area contributed by atoms with Gasteiger partial charge in [0.25, 0.3) is 0 Å². The summed E-state index contributed by atoms with van der Waals surface area (Å²) < 4.78 is 0. The summed E-state index contributed by atoms with van der Waals surface area (Å²) >= 11 is 0. The lowest BCUT2D eigenvalue weighted by atomic mass is 10.2. The summed E-state index contributed by atoms with van der Waals surface area (Å²) in [5, 5.41) is 3.31. The Hall–Kier alpha value is -2.17. The lowest BCUT2D eigenvalue weighted by molar-refractivity contribution is 0.830. The first-order valence-corrected chi connectivity index (χ1v) is 7.39. The molecule has 21 heavy (non-hydrogen) atoms. The summed E-state index contributed by atoms with van der Waals surface area (Å²) in [5.74, 6) is 2.62. The zero-order valence-electron chi connectivity index (χ0n) is 13.0. The van der Waals surface area contributed by atoms with Crippen LogP contribution in [-0.4, -0.2) is 35.1 Å². The normalized spacial score (nSPS) is 10.4. The van der Waals surface area contributed by atoms with Crippen LogP contribution in [0.2, 0.25) is 0 Å². The van der Waals surface area contributed by atoms with Crippen LogP contribution in [0.25, 0.3) is 0 Å². The van der Waals surface area contributed by atoms with E-state index in [-0.39, 0.29) is 0 Å². The van der Waals surface area contributed by atoms with Gasteiger partial charge < -0.3 is 10.2 Å². The van der Waals surface area contributed by atoms with Crippen molar-refractivity contribution >= 4 is 11.6 Å². The molecule has 0 spiro atoms. The van der Waals surface area contributed by atoms with Gasteiger partial charge in [0.2, 0.25) is 0 Å². The fourth-order valence-corrected chi connectivity index (χ4v) is 2.03. The third-order valence-corrected chi connectivity index (χ3v) is 3.20. The molecule has 0 unspecified atom stereocenters. The Kier molecular flexibility index (Phi) is 5.49. The quantitative estimate of drug-likeness (QED) is 0.847. The van der Waals surface area contributed by atoms with Crippen LogP contribution in [0.15, 0.2) is 30.5 Å². The molecule has 1 N–H and O–H groups in total. The molecule has 112 valence electrons. The van der Waals surface area contributed by atoms with E-state index in [1.807, 2.05) is 44.4 Å². The standard InChI is InChI=1S/C16H23N5/c1-4-9-18-15-12-16(20-13(2)19-15)21(3)11-8-14-7-5-6-10-17-14/h5-7,10,12H,4,8-9,11H2,1-3H3,(H,18,19,20). The Morgan fingerprint density at radius 3 is 2.81 bits per heavy atom. The van der Waals surface area contributed by atoms with Crippen LogP contribution >= 0.6 is 0 Å². The van der Waals surface area contributed by atoms with Crippen LogP contribution in [-0.2, 0) is 6.42 Å². The number of aromatic nitrogens is 3. The summed E-state index contributed by atoms with van der Waals surface area (Å²) in [6.45, 7) is 5.86. The average Bonchev–Trinajstić information content (AvgIpc) is 2.51. The summed E-state index contributed by atoms with van der Waals surface area (Å²) in [5.41, 5.74) is 1.10. The summed E-state index contributed by atoms with van der Waals surface area (Å²) in [6.07, 6.45) is 3.81. The molecule has 0 radical (unpaired) electrons. The largest absolute Gasteiger partial charge is 0.370 e. The molecule has 5 nitrogen and oxygen atoms in total. The van der Waals surface area contributed by atoms with Crippen LogP contribution in [0.5, 0.6) is 0 Å². The highest BCUT2D eigenvalue weighted by molar-refractivity contribution is 5.49.